The Morgan fingerprint density at radius 3 is 2.60 bits per heavy atom. The summed E-state index contributed by atoms with van der Waals surface area (Å²) in [6.45, 7) is 3.42. The Bertz CT molecular complexity index is 574. The lowest BCUT2D eigenvalue weighted by molar-refractivity contribution is 0.441. The summed E-state index contributed by atoms with van der Waals surface area (Å²) in [6, 6.07) is 10.4. The van der Waals surface area contributed by atoms with Crippen LogP contribution in [-0.2, 0) is 6.54 Å². The quantitative estimate of drug-likeness (QED) is 0.873. The van der Waals surface area contributed by atoms with Crippen molar-refractivity contribution in [2.24, 2.45) is 0 Å². The second kappa shape index (κ2) is 6.96. The van der Waals surface area contributed by atoms with E-state index >= 15 is 0 Å². The molecular formula is C15H16FN3S. The van der Waals surface area contributed by atoms with Crippen molar-refractivity contribution in [3.05, 3.63) is 60.2 Å². The molecule has 2 aromatic rings. The lowest BCUT2D eigenvalue weighted by Gasteiger charge is -2.24. The zero-order valence-corrected chi connectivity index (χ0v) is 12.0. The van der Waals surface area contributed by atoms with Crippen molar-refractivity contribution < 1.29 is 4.39 Å². The van der Waals surface area contributed by atoms with Crippen molar-refractivity contribution >= 4 is 23.0 Å². The summed E-state index contributed by atoms with van der Waals surface area (Å²) in [4.78, 5) is 5.96. The number of nitrogens with one attached hydrogen (secondary N) is 1. The van der Waals surface area contributed by atoms with Gasteiger partial charge in [-0.05, 0) is 49.0 Å². The average Bonchev–Trinajstić information content (AvgIpc) is 2.48. The van der Waals surface area contributed by atoms with E-state index in [4.69, 9.17) is 12.2 Å². The van der Waals surface area contributed by atoms with Crippen molar-refractivity contribution in [3.63, 3.8) is 0 Å². The van der Waals surface area contributed by atoms with Crippen LogP contribution in [0.15, 0.2) is 48.8 Å². The number of nitrogens with zero attached hydrogens (tertiary/aromatic N) is 2. The molecule has 1 heterocycles. The molecule has 1 N–H and O–H groups in total. The fraction of sp³-hybridized carbons (Fsp3) is 0.200. The molecule has 0 bridgehead atoms. The molecule has 0 saturated heterocycles. The van der Waals surface area contributed by atoms with Gasteiger partial charge in [0, 0.05) is 25.5 Å². The van der Waals surface area contributed by atoms with E-state index in [-0.39, 0.29) is 5.82 Å². The molecule has 1 aromatic heterocycles. The predicted molar refractivity (Wildman–Crippen MR) is 82.9 cm³/mol. The van der Waals surface area contributed by atoms with Gasteiger partial charge in [-0.1, -0.05) is 12.1 Å². The van der Waals surface area contributed by atoms with Crippen LogP contribution in [0.1, 0.15) is 12.5 Å². The summed E-state index contributed by atoms with van der Waals surface area (Å²) in [7, 11) is 0. The summed E-state index contributed by atoms with van der Waals surface area (Å²) in [5, 5.41) is 3.46. The van der Waals surface area contributed by atoms with Crippen molar-refractivity contribution in [2.75, 3.05) is 11.9 Å². The molecule has 0 fully saturated rings. The highest BCUT2D eigenvalue weighted by Crippen LogP contribution is 2.14. The first-order valence-corrected chi connectivity index (χ1v) is 6.81. The van der Waals surface area contributed by atoms with E-state index < -0.39 is 0 Å². The van der Waals surface area contributed by atoms with Crippen LogP contribution in [0.25, 0.3) is 0 Å². The number of rotatable bonds is 4. The SMILES string of the molecule is CCN(Cc1ccncc1)C(=S)Nc1ccccc1F. The van der Waals surface area contributed by atoms with E-state index in [1.807, 2.05) is 24.0 Å². The maximum Gasteiger partial charge on any atom is 0.173 e. The van der Waals surface area contributed by atoms with Crippen LogP contribution in [0.4, 0.5) is 10.1 Å². The van der Waals surface area contributed by atoms with Crippen LogP contribution >= 0.6 is 12.2 Å². The van der Waals surface area contributed by atoms with Crippen LogP contribution in [0.3, 0.4) is 0 Å². The fourth-order valence-electron chi connectivity index (χ4n) is 1.79. The number of hydrogen-bond donors (Lipinski definition) is 1. The van der Waals surface area contributed by atoms with Crippen molar-refractivity contribution in [1.82, 2.24) is 9.88 Å². The molecule has 0 aliphatic heterocycles. The molecule has 0 aliphatic rings. The summed E-state index contributed by atoms with van der Waals surface area (Å²) in [6.07, 6.45) is 3.49. The Morgan fingerprint density at radius 1 is 1.25 bits per heavy atom. The van der Waals surface area contributed by atoms with Gasteiger partial charge in [-0.15, -0.1) is 0 Å². The van der Waals surface area contributed by atoms with E-state index in [1.54, 1.807) is 30.6 Å². The van der Waals surface area contributed by atoms with Gasteiger partial charge in [0.05, 0.1) is 5.69 Å². The van der Waals surface area contributed by atoms with Gasteiger partial charge >= 0.3 is 0 Å². The number of benzene rings is 1. The first kappa shape index (κ1) is 14.4. The van der Waals surface area contributed by atoms with Gasteiger partial charge in [0.2, 0.25) is 0 Å². The lowest BCUT2D eigenvalue weighted by Crippen LogP contribution is -2.34. The van der Waals surface area contributed by atoms with Crippen molar-refractivity contribution in [3.8, 4) is 0 Å². The Labute approximate surface area is 123 Å². The molecule has 0 amide bonds. The molecule has 0 aliphatic carbocycles. The minimum Gasteiger partial charge on any atom is -0.345 e. The topological polar surface area (TPSA) is 28.2 Å². The van der Waals surface area contributed by atoms with Crippen LogP contribution in [-0.4, -0.2) is 21.5 Å². The maximum atomic E-state index is 13.6. The smallest absolute Gasteiger partial charge is 0.173 e. The Kier molecular flexibility index (Phi) is 5.01. The van der Waals surface area contributed by atoms with Gasteiger partial charge in [-0.2, -0.15) is 0 Å². The van der Waals surface area contributed by atoms with Gasteiger partial charge in [0.1, 0.15) is 5.82 Å². The third kappa shape index (κ3) is 3.74. The highest BCUT2D eigenvalue weighted by Gasteiger charge is 2.10. The number of para-hydroxylation sites is 1. The second-order valence-electron chi connectivity index (χ2n) is 4.28. The molecule has 1 aromatic carbocycles. The van der Waals surface area contributed by atoms with E-state index in [0.717, 1.165) is 12.1 Å². The minimum absolute atomic E-state index is 0.310. The third-order valence-corrected chi connectivity index (χ3v) is 3.27. The first-order valence-electron chi connectivity index (χ1n) is 6.40. The maximum absolute atomic E-state index is 13.6. The average molecular weight is 289 g/mol. The Morgan fingerprint density at radius 2 is 1.95 bits per heavy atom. The molecule has 0 atom stereocenters. The summed E-state index contributed by atoms with van der Waals surface area (Å²) >= 11 is 5.35. The number of halogens is 1. The molecular weight excluding hydrogens is 273 g/mol. The normalized spacial score (nSPS) is 10.1. The Hall–Kier alpha value is -2.01. The minimum atomic E-state index is -0.310. The number of pyridine rings is 1. The molecule has 2 rings (SSSR count). The molecule has 0 unspecified atom stereocenters. The third-order valence-electron chi connectivity index (χ3n) is 2.91. The first-order chi connectivity index (χ1) is 9.70. The summed E-state index contributed by atoms with van der Waals surface area (Å²) < 4.78 is 13.6. The monoisotopic (exact) mass is 289 g/mol. The molecule has 0 radical (unpaired) electrons. The predicted octanol–water partition coefficient (Wildman–Crippen LogP) is 3.44. The number of hydrogen-bond acceptors (Lipinski definition) is 2. The molecule has 3 nitrogen and oxygen atoms in total. The van der Waals surface area contributed by atoms with Crippen molar-refractivity contribution in [1.29, 1.82) is 0 Å². The van der Waals surface area contributed by atoms with Gasteiger partial charge in [-0.3, -0.25) is 4.98 Å². The zero-order chi connectivity index (χ0) is 14.4. The molecule has 0 spiro atoms. The highest BCUT2D eigenvalue weighted by molar-refractivity contribution is 7.80. The van der Waals surface area contributed by atoms with E-state index in [9.17, 15) is 4.39 Å². The van der Waals surface area contributed by atoms with Crippen LogP contribution in [0, 0.1) is 5.82 Å². The fourth-order valence-corrected chi connectivity index (χ4v) is 2.10. The van der Waals surface area contributed by atoms with E-state index in [0.29, 0.717) is 17.3 Å². The van der Waals surface area contributed by atoms with Gasteiger partial charge in [0.15, 0.2) is 5.11 Å². The van der Waals surface area contributed by atoms with Crippen LogP contribution in [0.2, 0.25) is 0 Å². The highest BCUT2D eigenvalue weighted by atomic mass is 32.1. The number of anilines is 1. The van der Waals surface area contributed by atoms with Gasteiger partial charge < -0.3 is 10.2 Å². The van der Waals surface area contributed by atoms with Gasteiger partial charge in [-0.25, -0.2) is 4.39 Å². The summed E-state index contributed by atoms with van der Waals surface area (Å²) in [5.74, 6) is -0.310. The Balaban J connectivity index is 2.04. The number of aromatic nitrogens is 1. The van der Waals surface area contributed by atoms with Crippen LogP contribution < -0.4 is 5.32 Å². The van der Waals surface area contributed by atoms with E-state index in [1.165, 1.54) is 6.07 Å². The van der Waals surface area contributed by atoms with E-state index in [2.05, 4.69) is 10.3 Å². The lowest BCUT2D eigenvalue weighted by atomic mass is 10.2. The molecule has 5 heteroatoms. The molecule has 0 saturated carbocycles. The van der Waals surface area contributed by atoms with Crippen molar-refractivity contribution in [2.45, 2.75) is 13.5 Å². The van der Waals surface area contributed by atoms with Crippen LogP contribution in [0.5, 0.6) is 0 Å². The summed E-state index contributed by atoms with van der Waals surface area (Å²) in [5.41, 5.74) is 1.50. The second-order valence-corrected chi connectivity index (χ2v) is 4.67. The molecule has 104 valence electrons. The van der Waals surface area contributed by atoms with Gasteiger partial charge in [0.25, 0.3) is 0 Å². The number of thiocarbonyl (C=S) groups is 1. The standard InChI is InChI=1S/C15H16FN3S/c1-2-19(11-12-7-9-17-10-8-12)15(20)18-14-6-4-3-5-13(14)16/h3-10H,2,11H2,1H3,(H,18,20). The zero-order valence-electron chi connectivity index (χ0n) is 11.2. The largest absolute Gasteiger partial charge is 0.345 e. The molecule has 20 heavy (non-hydrogen) atoms.